The van der Waals surface area contributed by atoms with Crippen LogP contribution in [0.4, 0.5) is 0 Å². The molecule has 8 heteroatoms. The van der Waals surface area contributed by atoms with E-state index in [9.17, 15) is 8.42 Å². The van der Waals surface area contributed by atoms with Crippen LogP contribution in [0.3, 0.4) is 0 Å². The van der Waals surface area contributed by atoms with Gasteiger partial charge < -0.3 is 4.42 Å². The van der Waals surface area contributed by atoms with Crippen molar-refractivity contribution in [3.63, 3.8) is 0 Å². The largest absolute Gasteiger partial charge is 0.416 e. The lowest BCUT2D eigenvalue weighted by atomic mass is 10.1. The van der Waals surface area contributed by atoms with Gasteiger partial charge in [-0.05, 0) is 17.7 Å². The van der Waals surface area contributed by atoms with Crippen molar-refractivity contribution in [2.24, 2.45) is 5.92 Å². The van der Waals surface area contributed by atoms with E-state index in [1.807, 2.05) is 0 Å². The van der Waals surface area contributed by atoms with E-state index in [2.05, 4.69) is 29.8 Å². The maximum atomic E-state index is 11.4. The van der Waals surface area contributed by atoms with Crippen molar-refractivity contribution in [1.82, 2.24) is 10.2 Å². The van der Waals surface area contributed by atoms with Gasteiger partial charge in [0.1, 0.15) is 0 Å². The van der Waals surface area contributed by atoms with Gasteiger partial charge in [-0.3, -0.25) is 0 Å². The first-order chi connectivity index (χ1) is 8.73. The predicted molar refractivity (Wildman–Crippen MR) is 78.8 cm³/mol. The summed E-state index contributed by atoms with van der Waals surface area (Å²) < 4.78 is 28.3. The molecule has 1 fully saturated rings. The Labute approximate surface area is 119 Å². The van der Waals surface area contributed by atoms with Crippen LogP contribution in [-0.4, -0.2) is 43.6 Å². The average molecular weight is 321 g/mol. The minimum atomic E-state index is -2.83. The Balaban J connectivity index is 1.88. The number of rotatable bonds is 5. The highest BCUT2D eigenvalue weighted by molar-refractivity contribution is 8.00. The number of hydrogen-bond donors (Lipinski definition) is 0. The third kappa shape index (κ3) is 4.92. The van der Waals surface area contributed by atoms with E-state index < -0.39 is 17.9 Å². The standard InChI is InChI=1S/C11H20N2O3S2Si/c1-19(2,3)8-17-11-13-12-10(16-11)6-9-4-5-18(14,15)7-9/h9H,4-8H2,1-3H3/t9-/m1/s1. The molecule has 2 rings (SSSR count). The van der Waals surface area contributed by atoms with Crippen LogP contribution >= 0.6 is 11.8 Å². The summed E-state index contributed by atoms with van der Waals surface area (Å²) in [5.41, 5.74) is 0. The molecule has 0 aromatic carbocycles. The number of aromatic nitrogens is 2. The summed E-state index contributed by atoms with van der Waals surface area (Å²) >= 11 is 1.61. The Morgan fingerprint density at radius 1 is 1.37 bits per heavy atom. The molecule has 0 bridgehead atoms. The molecule has 2 heterocycles. The number of nitrogens with zero attached hydrogens (tertiary/aromatic N) is 2. The Hall–Kier alpha value is -0.343. The summed E-state index contributed by atoms with van der Waals surface area (Å²) in [4.78, 5) is 0. The normalized spacial score (nSPS) is 22.8. The zero-order valence-electron chi connectivity index (χ0n) is 11.5. The van der Waals surface area contributed by atoms with Crippen molar-refractivity contribution >= 4 is 29.7 Å². The molecule has 0 saturated carbocycles. The van der Waals surface area contributed by atoms with Crippen molar-refractivity contribution in [3.05, 3.63) is 5.89 Å². The molecular formula is C11H20N2O3S2Si. The lowest BCUT2D eigenvalue weighted by Crippen LogP contribution is -2.23. The minimum absolute atomic E-state index is 0.139. The zero-order valence-corrected chi connectivity index (χ0v) is 14.2. The Kier molecular flexibility index (Phi) is 4.41. The molecule has 19 heavy (non-hydrogen) atoms. The second-order valence-corrected chi connectivity index (χ2v) is 15.4. The van der Waals surface area contributed by atoms with Gasteiger partial charge in [0.05, 0.1) is 19.6 Å². The third-order valence-electron chi connectivity index (χ3n) is 2.87. The second kappa shape index (κ2) is 5.57. The van der Waals surface area contributed by atoms with Gasteiger partial charge in [0, 0.05) is 6.42 Å². The molecule has 0 N–H and O–H groups in total. The Bertz CT molecular complexity index is 536. The third-order valence-corrected chi connectivity index (χ3v) is 9.16. The van der Waals surface area contributed by atoms with Gasteiger partial charge in [-0.2, -0.15) is 0 Å². The fraction of sp³-hybridized carbons (Fsp3) is 0.818. The molecule has 0 aliphatic carbocycles. The Morgan fingerprint density at radius 3 is 2.68 bits per heavy atom. The van der Waals surface area contributed by atoms with Gasteiger partial charge in [0.2, 0.25) is 5.89 Å². The maximum Gasteiger partial charge on any atom is 0.276 e. The van der Waals surface area contributed by atoms with Crippen LogP contribution in [0.25, 0.3) is 0 Å². The van der Waals surface area contributed by atoms with E-state index in [0.717, 1.165) is 5.38 Å². The summed E-state index contributed by atoms with van der Waals surface area (Å²) in [6, 6.07) is 0. The summed E-state index contributed by atoms with van der Waals surface area (Å²) in [6.07, 6.45) is 1.29. The average Bonchev–Trinajstić information content (AvgIpc) is 2.82. The first-order valence-electron chi connectivity index (χ1n) is 6.39. The molecule has 1 aliphatic heterocycles. The molecule has 0 unspecified atom stereocenters. The first kappa shape index (κ1) is 15.1. The van der Waals surface area contributed by atoms with Crippen molar-refractivity contribution in [2.75, 3.05) is 16.9 Å². The molecule has 1 aromatic heterocycles. The summed E-state index contributed by atoms with van der Waals surface area (Å²) in [7, 11) is -3.96. The summed E-state index contributed by atoms with van der Waals surface area (Å²) in [5.74, 6) is 1.26. The highest BCUT2D eigenvalue weighted by Crippen LogP contribution is 2.25. The number of sulfone groups is 1. The van der Waals surface area contributed by atoms with E-state index in [-0.39, 0.29) is 11.7 Å². The topological polar surface area (TPSA) is 73.1 Å². The van der Waals surface area contributed by atoms with Crippen LogP contribution < -0.4 is 0 Å². The summed E-state index contributed by atoms with van der Waals surface area (Å²) in [5, 5.41) is 9.69. The van der Waals surface area contributed by atoms with E-state index in [4.69, 9.17) is 4.42 Å². The van der Waals surface area contributed by atoms with Crippen LogP contribution in [0.2, 0.25) is 19.6 Å². The van der Waals surface area contributed by atoms with E-state index in [0.29, 0.717) is 29.7 Å². The lowest BCUT2D eigenvalue weighted by Gasteiger charge is -2.12. The lowest BCUT2D eigenvalue weighted by molar-refractivity contribution is 0.389. The van der Waals surface area contributed by atoms with Crippen LogP contribution in [0.1, 0.15) is 12.3 Å². The van der Waals surface area contributed by atoms with Crippen LogP contribution in [0, 0.1) is 5.92 Å². The van der Waals surface area contributed by atoms with E-state index in [1.165, 1.54) is 0 Å². The molecule has 108 valence electrons. The van der Waals surface area contributed by atoms with Crippen LogP contribution in [0.5, 0.6) is 0 Å². The molecule has 5 nitrogen and oxygen atoms in total. The Morgan fingerprint density at radius 2 is 2.11 bits per heavy atom. The van der Waals surface area contributed by atoms with Gasteiger partial charge in [-0.25, -0.2) is 8.42 Å². The number of hydrogen-bond acceptors (Lipinski definition) is 6. The van der Waals surface area contributed by atoms with Crippen molar-refractivity contribution < 1.29 is 12.8 Å². The molecule has 1 saturated heterocycles. The smallest absolute Gasteiger partial charge is 0.276 e. The van der Waals surface area contributed by atoms with Gasteiger partial charge >= 0.3 is 0 Å². The highest BCUT2D eigenvalue weighted by Gasteiger charge is 2.29. The molecule has 1 aromatic rings. The summed E-state index contributed by atoms with van der Waals surface area (Å²) in [6.45, 7) is 6.88. The second-order valence-electron chi connectivity index (χ2n) is 6.28. The SMILES string of the molecule is C[Si](C)(C)CSc1nnc(C[C@H]2CCS(=O)(=O)C2)o1. The van der Waals surface area contributed by atoms with Gasteiger partial charge in [0.15, 0.2) is 9.84 Å². The molecule has 0 amide bonds. The quantitative estimate of drug-likeness (QED) is 0.610. The number of thioether (sulfide) groups is 1. The molecule has 1 aliphatic rings. The van der Waals surface area contributed by atoms with Gasteiger partial charge in [-0.15, -0.1) is 10.2 Å². The van der Waals surface area contributed by atoms with Crippen molar-refractivity contribution in [3.8, 4) is 0 Å². The molecule has 0 spiro atoms. The van der Waals surface area contributed by atoms with E-state index >= 15 is 0 Å². The monoisotopic (exact) mass is 320 g/mol. The van der Waals surface area contributed by atoms with E-state index in [1.54, 1.807) is 11.8 Å². The van der Waals surface area contributed by atoms with Crippen LogP contribution in [0.15, 0.2) is 9.64 Å². The van der Waals surface area contributed by atoms with Gasteiger partial charge in [0.25, 0.3) is 5.22 Å². The highest BCUT2D eigenvalue weighted by atomic mass is 32.2. The fourth-order valence-electron chi connectivity index (χ4n) is 1.94. The van der Waals surface area contributed by atoms with Crippen molar-refractivity contribution in [1.29, 1.82) is 0 Å². The molecule has 1 atom stereocenters. The molecular weight excluding hydrogens is 300 g/mol. The minimum Gasteiger partial charge on any atom is -0.416 e. The predicted octanol–water partition coefficient (Wildman–Crippen LogP) is 2.02. The van der Waals surface area contributed by atoms with Gasteiger partial charge in [-0.1, -0.05) is 31.4 Å². The van der Waals surface area contributed by atoms with Crippen LogP contribution in [-0.2, 0) is 16.3 Å². The fourth-order valence-corrected chi connectivity index (χ4v) is 6.28. The van der Waals surface area contributed by atoms with Crippen molar-refractivity contribution in [2.45, 2.75) is 37.7 Å². The first-order valence-corrected chi connectivity index (χ1v) is 12.9. The zero-order chi connectivity index (χ0) is 14.1. The molecule has 0 radical (unpaired) electrons. The maximum absolute atomic E-state index is 11.4.